The minimum absolute atomic E-state index is 0.107. The van der Waals surface area contributed by atoms with E-state index in [9.17, 15) is 9.59 Å². The molecule has 7 heteroatoms. The molecule has 0 saturated heterocycles. The summed E-state index contributed by atoms with van der Waals surface area (Å²) in [7, 11) is 0. The number of carbonyl (C=O) groups is 1. The number of nitrogens with one attached hydrogen (secondary N) is 2. The molecule has 0 aliphatic heterocycles. The van der Waals surface area contributed by atoms with Gasteiger partial charge in [0.25, 0.3) is 5.56 Å². The van der Waals surface area contributed by atoms with Crippen LogP contribution in [0.25, 0.3) is 11.4 Å². The molecule has 0 bridgehead atoms. The predicted octanol–water partition coefficient (Wildman–Crippen LogP) is 3.60. The molecular weight excluding hydrogens is 392 g/mol. The van der Waals surface area contributed by atoms with Crippen LogP contribution in [0, 0.1) is 0 Å². The van der Waals surface area contributed by atoms with Crippen LogP contribution in [0.2, 0.25) is 0 Å². The Morgan fingerprint density at radius 3 is 2.58 bits per heavy atom. The first-order valence-electron chi connectivity index (χ1n) is 10.2. The topological polar surface area (TPSA) is 97.0 Å². The van der Waals surface area contributed by atoms with Crippen molar-refractivity contribution in [2.75, 3.05) is 6.61 Å². The van der Waals surface area contributed by atoms with Crippen molar-refractivity contribution in [3.05, 3.63) is 88.9 Å². The fraction of sp³-hybridized carbons (Fsp3) is 0.250. The molecule has 0 aliphatic rings. The van der Waals surface area contributed by atoms with Gasteiger partial charge < -0.3 is 15.0 Å². The normalized spacial score (nSPS) is 11.5. The van der Waals surface area contributed by atoms with Crippen molar-refractivity contribution >= 4 is 5.91 Å². The molecule has 2 aromatic carbocycles. The predicted molar refractivity (Wildman–Crippen MR) is 120 cm³/mol. The summed E-state index contributed by atoms with van der Waals surface area (Å²) in [6.07, 6.45) is 2.94. The average molecular weight is 418 g/mol. The second-order valence-electron chi connectivity index (χ2n) is 7.10. The summed E-state index contributed by atoms with van der Waals surface area (Å²) < 4.78 is 5.57. The molecule has 3 rings (SSSR count). The lowest BCUT2D eigenvalue weighted by molar-refractivity contribution is -0.121. The highest BCUT2D eigenvalue weighted by Crippen LogP contribution is 2.18. The molecule has 3 aromatic rings. The Morgan fingerprint density at radius 2 is 1.90 bits per heavy atom. The van der Waals surface area contributed by atoms with Crippen LogP contribution in [-0.2, 0) is 11.2 Å². The Labute approximate surface area is 181 Å². The molecule has 0 aliphatic carbocycles. The molecular formula is C24H26N4O3. The van der Waals surface area contributed by atoms with Crippen LogP contribution in [0.4, 0.5) is 0 Å². The molecule has 2 N–H and O–H groups in total. The molecule has 0 saturated carbocycles. The van der Waals surface area contributed by atoms with E-state index in [2.05, 4.69) is 27.1 Å². The summed E-state index contributed by atoms with van der Waals surface area (Å²) in [6, 6.07) is 16.8. The fourth-order valence-corrected chi connectivity index (χ4v) is 2.99. The minimum atomic E-state index is -0.347. The maximum absolute atomic E-state index is 12.4. The standard InChI is InChI=1S/C24H26N4O3/c1-3-4-16-31-20-12-10-19(11-13-20)23-26-24(30)21(27-28-23)14-15-22(29)25-17(2)18-8-6-5-7-9-18/h3,5-13,17H,1,4,14-16H2,2H3,(H,25,29)(H,26,28,30)/t17-/m0/s1. The molecule has 0 radical (unpaired) electrons. The zero-order chi connectivity index (χ0) is 22.1. The number of nitrogens with zero attached hydrogens (tertiary/aromatic N) is 2. The van der Waals surface area contributed by atoms with Gasteiger partial charge in [-0.15, -0.1) is 16.8 Å². The van der Waals surface area contributed by atoms with Gasteiger partial charge in [0.2, 0.25) is 5.91 Å². The first-order chi connectivity index (χ1) is 15.1. The fourth-order valence-electron chi connectivity index (χ4n) is 2.99. The van der Waals surface area contributed by atoms with Crippen molar-refractivity contribution in [2.24, 2.45) is 0 Å². The molecule has 1 atom stereocenters. The molecule has 1 heterocycles. The van der Waals surface area contributed by atoms with E-state index in [1.54, 1.807) is 18.2 Å². The van der Waals surface area contributed by atoms with Gasteiger partial charge in [-0.2, -0.15) is 0 Å². The lowest BCUT2D eigenvalue weighted by Crippen LogP contribution is -2.28. The van der Waals surface area contributed by atoms with Gasteiger partial charge in [0.1, 0.15) is 11.4 Å². The number of benzene rings is 2. The van der Waals surface area contributed by atoms with Crippen LogP contribution < -0.4 is 15.6 Å². The highest BCUT2D eigenvalue weighted by molar-refractivity contribution is 5.76. The van der Waals surface area contributed by atoms with Gasteiger partial charge in [0.15, 0.2) is 5.82 Å². The van der Waals surface area contributed by atoms with Crippen molar-refractivity contribution in [3.63, 3.8) is 0 Å². The number of aromatic amines is 1. The largest absolute Gasteiger partial charge is 0.493 e. The monoisotopic (exact) mass is 418 g/mol. The molecule has 1 aromatic heterocycles. The van der Waals surface area contributed by atoms with Gasteiger partial charge in [-0.25, -0.2) is 0 Å². The quantitative estimate of drug-likeness (QED) is 0.387. The van der Waals surface area contributed by atoms with Crippen molar-refractivity contribution in [1.29, 1.82) is 0 Å². The summed E-state index contributed by atoms with van der Waals surface area (Å²) in [4.78, 5) is 27.4. The maximum atomic E-state index is 12.4. The van der Waals surface area contributed by atoms with Crippen molar-refractivity contribution in [2.45, 2.75) is 32.2 Å². The van der Waals surface area contributed by atoms with E-state index in [0.717, 1.165) is 23.3 Å². The number of hydrogen-bond donors (Lipinski definition) is 2. The summed E-state index contributed by atoms with van der Waals surface area (Å²) in [6.45, 7) is 6.14. The number of carbonyl (C=O) groups excluding carboxylic acids is 1. The maximum Gasteiger partial charge on any atom is 0.273 e. The number of hydrogen-bond acceptors (Lipinski definition) is 5. The van der Waals surface area contributed by atoms with E-state index < -0.39 is 0 Å². The van der Waals surface area contributed by atoms with Crippen LogP contribution in [0.15, 0.2) is 72.0 Å². The van der Waals surface area contributed by atoms with Gasteiger partial charge in [-0.3, -0.25) is 9.59 Å². The Kier molecular flexibility index (Phi) is 7.70. The van der Waals surface area contributed by atoms with Crippen LogP contribution >= 0.6 is 0 Å². The van der Waals surface area contributed by atoms with Gasteiger partial charge >= 0.3 is 0 Å². The first kappa shape index (κ1) is 22.0. The Balaban J connectivity index is 1.56. The first-order valence-corrected chi connectivity index (χ1v) is 10.2. The highest BCUT2D eigenvalue weighted by atomic mass is 16.5. The Morgan fingerprint density at radius 1 is 1.16 bits per heavy atom. The highest BCUT2D eigenvalue weighted by Gasteiger charge is 2.12. The third-order valence-corrected chi connectivity index (χ3v) is 4.75. The van der Waals surface area contributed by atoms with E-state index in [1.807, 2.05) is 49.4 Å². The number of aromatic nitrogens is 3. The Hall–Kier alpha value is -3.74. The third kappa shape index (κ3) is 6.37. The van der Waals surface area contributed by atoms with Crippen LogP contribution in [0.3, 0.4) is 0 Å². The number of ether oxygens (including phenoxy) is 1. The number of aryl methyl sites for hydroxylation is 1. The van der Waals surface area contributed by atoms with E-state index in [-0.39, 0.29) is 36.0 Å². The zero-order valence-electron chi connectivity index (χ0n) is 17.5. The van der Waals surface area contributed by atoms with Crippen molar-refractivity contribution < 1.29 is 9.53 Å². The number of amides is 1. The number of rotatable bonds is 10. The molecule has 160 valence electrons. The third-order valence-electron chi connectivity index (χ3n) is 4.75. The second kappa shape index (κ2) is 10.9. The van der Waals surface area contributed by atoms with Crippen molar-refractivity contribution in [1.82, 2.24) is 20.5 Å². The smallest absolute Gasteiger partial charge is 0.273 e. The van der Waals surface area contributed by atoms with E-state index >= 15 is 0 Å². The second-order valence-corrected chi connectivity index (χ2v) is 7.10. The summed E-state index contributed by atoms with van der Waals surface area (Å²) in [5.41, 5.74) is 1.63. The Bertz CT molecular complexity index is 1060. The summed E-state index contributed by atoms with van der Waals surface area (Å²) in [5, 5.41) is 11.1. The van der Waals surface area contributed by atoms with Crippen LogP contribution in [-0.4, -0.2) is 27.7 Å². The summed E-state index contributed by atoms with van der Waals surface area (Å²) in [5.74, 6) is 0.954. The minimum Gasteiger partial charge on any atom is -0.493 e. The molecule has 7 nitrogen and oxygen atoms in total. The SMILES string of the molecule is C=CCCOc1ccc(-c2nnc(CCC(=O)N[C@@H](C)c3ccccc3)c(=O)[nH]2)cc1. The van der Waals surface area contributed by atoms with E-state index in [1.165, 1.54) is 0 Å². The van der Waals surface area contributed by atoms with Gasteiger partial charge in [-0.05, 0) is 43.2 Å². The van der Waals surface area contributed by atoms with Crippen LogP contribution in [0.1, 0.15) is 37.1 Å². The summed E-state index contributed by atoms with van der Waals surface area (Å²) >= 11 is 0. The molecule has 0 fully saturated rings. The van der Waals surface area contributed by atoms with E-state index in [0.29, 0.717) is 12.4 Å². The van der Waals surface area contributed by atoms with Crippen molar-refractivity contribution in [3.8, 4) is 17.1 Å². The number of H-pyrrole nitrogens is 1. The van der Waals surface area contributed by atoms with Gasteiger partial charge in [0, 0.05) is 18.4 Å². The molecule has 31 heavy (non-hydrogen) atoms. The lowest BCUT2D eigenvalue weighted by atomic mass is 10.1. The zero-order valence-corrected chi connectivity index (χ0v) is 17.5. The van der Waals surface area contributed by atoms with Gasteiger partial charge in [-0.1, -0.05) is 36.4 Å². The van der Waals surface area contributed by atoms with Gasteiger partial charge in [0.05, 0.1) is 12.6 Å². The van der Waals surface area contributed by atoms with E-state index in [4.69, 9.17) is 4.74 Å². The van der Waals surface area contributed by atoms with Crippen LogP contribution in [0.5, 0.6) is 5.75 Å². The lowest BCUT2D eigenvalue weighted by Gasteiger charge is -2.14. The molecule has 1 amide bonds. The molecule has 0 unspecified atom stereocenters. The average Bonchev–Trinajstić information content (AvgIpc) is 2.79. The molecule has 0 spiro atoms.